The van der Waals surface area contributed by atoms with Crippen molar-refractivity contribution in [1.29, 1.82) is 0 Å². The van der Waals surface area contributed by atoms with Gasteiger partial charge < -0.3 is 4.42 Å². The molecule has 0 fully saturated rings. The first kappa shape index (κ1) is 13.4. The van der Waals surface area contributed by atoms with E-state index in [1.54, 1.807) is 37.3 Å². The lowest BCUT2D eigenvalue weighted by molar-refractivity contribution is 0.103. The second-order valence-electron chi connectivity index (χ2n) is 3.92. The maximum Gasteiger partial charge on any atom is 0.232 e. The van der Waals surface area contributed by atoms with Crippen molar-refractivity contribution in [3.8, 4) is 0 Å². The molecule has 5 nitrogen and oxygen atoms in total. The van der Waals surface area contributed by atoms with Gasteiger partial charge >= 0.3 is 0 Å². The van der Waals surface area contributed by atoms with Crippen LogP contribution in [0.5, 0.6) is 0 Å². The summed E-state index contributed by atoms with van der Waals surface area (Å²) in [5, 5.41) is 0. The Balaban J connectivity index is 2.17. The fourth-order valence-electron chi connectivity index (χ4n) is 1.50. The Bertz CT molecular complexity index is 657. The number of hydrogen-bond donors (Lipinski definition) is 1. The summed E-state index contributed by atoms with van der Waals surface area (Å²) in [5.41, 5.74) is 1.37. The van der Waals surface area contributed by atoms with Gasteiger partial charge in [-0.15, -0.1) is 0 Å². The maximum atomic E-state index is 12.0. The van der Waals surface area contributed by atoms with E-state index in [4.69, 9.17) is 4.42 Å². The van der Waals surface area contributed by atoms with Gasteiger partial charge in [-0.05, 0) is 37.3 Å². The molecular formula is C13H13NO4S. The first-order valence-corrected chi connectivity index (χ1v) is 7.34. The van der Waals surface area contributed by atoms with Gasteiger partial charge in [0.1, 0.15) is 6.26 Å². The fraction of sp³-hybridized carbons (Fsp3) is 0.154. The van der Waals surface area contributed by atoms with E-state index in [0.717, 1.165) is 0 Å². The molecule has 6 heteroatoms. The monoisotopic (exact) mass is 279 g/mol. The van der Waals surface area contributed by atoms with Crippen molar-refractivity contribution in [2.24, 2.45) is 0 Å². The third kappa shape index (κ3) is 3.23. The van der Waals surface area contributed by atoms with Crippen LogP contribution in [0.15, 0.2) is 47.3 Å². The molecule has 0 radical (unpaired) electrons. The highest BCUT2D eigenvalue weighted by molar-refractivity contribution is 7.92. The lowest BCUT2D eigenvalue weighted by atomic mass is 10.1. The molecule has 0 aliphatic rings. The smallest absolute Gasteiger partial charge is 0.232 e. The van der Waals surface area contributed by atoms with E-state index in [9.17, 15) is 13.2 Å². The summed E-state index contributed by atoms with van der Waals surface area (Å²) in [4.78, 5) is 12.0. The lowest BCUT2D eigenvalue weighted by Gasteiger charge is -2.06. The number of benzene rings is 1. The van der Waals surface area contributed by atoms with Crippen molar-refractivity contribution in [1.82, 2.24) is 0 Å². The lowest BCUT2D eigenvalue weighted by Crippen LogP contribution is -2.14. The van der Waals surface area contributed by atoms with Gasteiger partial charge in [-0.1, -0.05) is 0 Å². The Hall–Kier alpha value is -2.08. The van der Waals surface area contributed by atoms with Gasteiger partial charge in [-0.3, -0.25) is 9.52 Å². The number of carbonyl (C=O) groups excluding carboxylic acids is 1. The van der Waals surface area contributed by atoms with Gasteiger partial charge in [-0.2, -0.15) is 0 Å². The minimum absolute atomic E-state index is 0.00268. The van der Waals surface area contributed by atoms with Crippen molar-refractivity contribution in [2.75, 3.05) is 10.5 Å². The maximum absolute atomic E-state index is 12.0. The van der Waals surface area contributed by atoms with E-state index in [1.807, 2.05) is 0 Å². The van der Waals surface area contributed by atoms with Gasteiger partial charge in [0.05, 0.1) is 17.6 Å². The molecule has 0 bridgehead atoms. The normalized spacial score (nSPS) is 11.2. The number of carbonyl (C=O) groups is 1. The molecule has 0 atom stereocenters. The Morgan fingerprint density at radius 2 is 1.84 bits per heavy atom. The van der Waals surface area contributed by atoms with Crippen LogP contribution in [0.4, 0.5) is 5.69 Å². The Labute approximate surface area is 111 Å². The SMILES string of the molecule is CCS(=O)(=O)Nc1ccc(C(=O)c2ccoc2)cc1. The highest BCUT2D eigenvalue weighted by Gasteiger charge is 2.11. The molecule has 1 N–H and O–H groups in total. The number of ketones is 1. The van der Waals surface area contributed by atoms with Crippen LogP contribution in [0.25, 0.3) is 0 Å². The van der Waals surface area contributed by atoms with Crippen LogP contribution in [0.2, 0.25) is 0 Å². The van der Waals surface area contributed by atoms with E-state index in [0.29, 0.717) is 16.8 Å². The molecule has 0 aliphatic heterocycles. The van der Waals surface area contributed by atoms with E-state index in [2.05, 4.69) is 4.72 Å². The molecule has 2 aromatic rings. The molecule has 0 saturated carbocycles. The first-order chi connectivity index (χ1) is 9.02. The van der Waals surface area contributed by atoms with Crippen LogP contribution in [-0.4, -0.2) is 20.0 Å². The summed E-state index contributed by atoms with van der Waals surface area (Å²) < 4.78 is 30.0. The van der Waals surface area contributed by atoms with Crippen LogP contribution in [0, 0.1) is 0 Å². The zero-order valence-electron chi connectivity index (χ0n) is 10.3. The van der Waals surface area contributed by atoms with Gasteiger partial charge in [0.2, 0.25) is 10.0 Å². The second-order valence-corrected chi connectivity index (χ2v) is 5.93. The van der Waals surface area contributed by atoms with Crippen LogP contribution in [-0.2, 0) is 10.0 Å². The van der Waals surface area contributed by atoms with Crippen LogP contribution < -0.4 is 4.72 Å². The molecule has 0 unspecified atom stereocenters. The summed E-state index contributed by atoms with van der Waals surface area (Å²) in [7, 11) is -3.30. The predicted molar refractivity (Wildman–Crippen MR) is 71.7 cm³/mol. The molecule has 1 aromatic heterocycles. The quantitative estimate of drug-likeness (QED) is 0.852. The molecule has 19 heavy (non-hydrogen) atoms. The molecular weight excluding hydrogens is 266 g/mol. The molecule has 0 saturated heterocycles. The summed E-state index contributed by atoms with van der Waals surface area (Å²) >= 11 is 0. The van der Waals surface area contributed by atoms with Crippen molar-refractivity contribution in [2.45, 2.75) is 6.92 Å². The summed E-state index contributed by atoms with van der Waals surface area (Å²) in [6.07, 6.45) is 2.80. The molecule has 100 valence electrons. The molecule has 0 amide bonds. The number of rotatable bonds is 5. The molecule has 2 rings (SSSR count). The highest BCUT2D eigenvalue weighted by atomic mass is 32.2. The van der Waals surface area contributed by atoms with Gasteiger partial charge in [0.15, 0.2) is 5.78 Å². The van der Waals surface area contributed by atoms with Crippen molar-refractivity contribution >= 4 is 21.5 Å². The highest BCUT2D eigenvalue weighted by Crippen LogP contribution is 2.15. The Kier molecular flexibility index (Phi) is 3.71. The largest absolute Gasteiger partial charge is 0.472 e. The van der Waals surface area contributed by atoms with Gasteiger partial charge in [0, 0.05) is 11.3 Å². The summed E-state index contributed by atoms with van der Waals surface area (Å²) in [6, 6.07) is 7.84. The van der Waals surface area contributed by atoms with E-state index in [1.165, 1.54) is 12.5 Å². The average molecular weight is 279 g/mol. The summed E-state index contributed by atoms with van der Waals surface area (Å²) in [5.74, 6) is -0.165. The van der Waals surface area contributed by atoms with Crippen LogP contribution >= 0.6 is 0 Å². The van der Waals surface area contributed by atoms with Crippen LogP contribution in [0.3, 0.4) is 0 Å². The van der Waals surface area contributed by atoms with Crippen molar-refractivity contribution < 1.29 is 17.6 Å². The van der Waals surface area contributed by atoms with E-state index in [-0.39, 0.29) is 11.5 Å². The number of sulfonamides is 1. The minimum Gasteiger partial charge on any atom is -0.472 e. The van der Waals surface area contributed by atoms with Gasteiger partial charge in [0.25, 0.3) is 0 Å². The minimum atomic E-state index is -3.30. The zero-order valence-corrected chi connectivity index (χ0v) is 11.1. The van der Waals surface area contributed by atoms with E-state index >= 15 is 0 Å². The Morgan fingerprint density at radius 3 is 2.37 bits per heavy atom. The second kappa shape index (κ2) is 5.27. The van der Waals surface area contributed by atoms with Gasteiger partial charge in [-0.25, -0.2) is 8.42 Å². The van der Waals surface area contributed by atoms with Crippen LogP contribution in [0.1, 0.15) is 22.8 Å². The molecule has 0 spiro atoms. The topological polar surface area (TPSA) is 76.4 Å². The van der Waals surface area contributed by atoms with Crippen molar-refractivity contribution in [3.63, 3.8) is 0 Å². The Morgan fingerprint density at radius 1 is 1.16 bits per heavy atom. The number of hydrogen-bond acceptors (Lipinski definition) is 4. The summed E-state index contributed by atoms with van der Waals surface area (Å²) in [6.45, 7) is 1.55. The predicted octanol–water partition coefficient (Wildman–Crippen LogP) is 2.27. The standard InChI is InChI=1S/C13H13NO4S/c1-2-19(16,17)14-12-5-3-10(4-6-12)13(15)11-7-8-18-9-11/h3-9,14H,2H2,1H3. The third-order valence-corrected chi connectivity index (χ3v) is 3.89. The first-order valence-electron chi connectivity index (χ1n) is 5.69. The number of nitrogens with one attached hydrogen (secondary N) is 1. The average Bonchev–Trinajstić information content (AvgIpc) is 2.92. The third-order valence-electron chi connectivity index (χ3n) is 2.58. The molecule has 1 heterocycles. The van der Waals surface area contributed by atoms with Crippen molar-refractivity contribution in [3.05, 3.63) is 54.0 Å². The number of anilines is 1. The number of furan rings is 1. The van der Waals surface area contributed by atoms with E-state index < -0.39 is 10.0 Å². The zero-order chi connectivity index (χ0) is 13.9. The molecule has 1 aromatic carbocycles. The fourth-order valence-corrected chi connectivity index (χ4v) is 2.14. The molecule has 0 aliphatic carbocycles.